The Morgan fingerprint density at radius 2 is 2.09 bits per heavy atom. The van der Waals surface area contributed by atoms with Gasteiger partial charge in [0.25, 0.3) is 0 Å². The first-order chi connectivity index (χ1) is 10.3. The van der Waals surface area contributed by atoms with Gasteiger partial charge in [-0.1, -0.05) is 18.5 Å². The molecule has 0 spiro atoms. The van der Waals surface area contributed by atoms with Gasteiger partial charge in [-0.2, -0.15) is 0 Å². The molecule has 1 aliphatic carbocycles. The first kappa shape index (κ1) is 17.2. The second kappa shape index (κ2) is 6.93. The van der Waals surface area contributed by atoms with E-state index >= 15 is 0 Å². The van der Waals surface area contributed by atoms with Crippen LogP contribution in [0.4, 0.5) is 4.39 Å². The van der Waals surface area contributed by atoms with Crippen molar-refractivity contribution < 1.29 is 17.6 Å². The van der Waals surface area contributed by atoms with Gasteiger partial charge in [0.1, 0.15) is 5.82 Å². The lowest BCUT2D eigenvalue weighted by molar-refractivity contribution is -0.125. The van der Waals surface area contributed by atoms with Gasteiger partial charge in [-0.05, 0) is 37.0 Å². The highest BCUT2D eigenvalue weighted by atomic mass is 35.5. The lowest BCUT2D eigenvalue weighted by Crippen LogP contribution is -2.37. The number of amides is 1. The van der Waals surface area contributed by atoms with Crippen molar-refractivity contribution in [3.05, 3.63) is 29.0 Å². The second-order valence-corrected chi connectivity index (χ2v) is 7.56. The summed E-state index contributed by atoms with van der Waals surface area (Å²) < 4.78 is 39.3. The number of hydrogen-bond donors (Lipinski definition) is 2. The van der Waals surface area contributed by atoms with Gasteiger partial charge in [-0.15, -0.1) is 0 Å². The van der Waals surface area contributed by atoms with Crippen LogP contribution in [0.15, 0.2) is 23.1 Å². The Morgan fingerprint density at radius 1 is 1.41 bits per heavy atom. The summed E-state index contributed by atoms with van der Waals surface area (Å²) in [6, 6.07) is 3.18. The highest BCUT2D eigenvalue weighted by molar-refractivity contribution is 7.89. The molecule has 2 rings (SSSR count). The lowest BCUT2D eigenvalue weighted by Gasteiger charge is -2.12. The quantitative estimate of drug-likeness (QED) is 0.739. The molecule has 0 radical (unpaired) electrons. The maximum atomic E-state index is 13.0. The molecule has 0 saturated heterocycles. The summed E-state index contributed by atoms with van der Waals surface area (Å²) in [6.07, 6.45) is 2.15. The Kier molecular flexibility index (Phi) is 5.41. The fourth-order valence-electron chi connectivity index (χ4n) is 2.07. The molecule has 0 heterocycles. The highest BCUT2D eigenvalue weighted by Gasteiger charge is 2.32. The molecule has 1 unspecified atom stereocenters. The van der Waals surface area contributed by atoms with Crippen molar-refractivity contribution in [1.29, 1.82) is 0 Å². The van der Waals surface area contributed by atoms with E-state index in [-0.39, 0.29) is 34.8 Å². The molecule has 0 aliphatic heterocycles. The number of benzene rings is 1. The third-order valence-corrected chi connectivity index (χ3v) is 5.41. The van der Waals surface area contributed by atoms with E-state index in [0.29, 0.717) is 5.92 Å². The third kappa shape index (κ3) is 4.41. The van der Waals surface area contributed by atoms with E-state index < -0.39 is 15.8 Å². The normalized spacial score (nSPS) is 16.3. The van der Waals surface area contributed by atoms with Crippen LogP contribution in [-0.2, 0) is 14.8 Å². The Hall–Kier alpha value is -1.18. The van der Waals surface area contributed by atoms with Gasteiger partial charge in [0.15, 0.2) is 0 Å². The van der Waals surface area contributed by atoms with Gasteiger partial charge in [0.2, 0.25) is 15.9 Å². The standard InChI is InChI=1S/C14H18ClFN2O3S/c1-9(10-2-3-10)14(19)17-6-7-18-22(20,21)11-4-5-13(16)12(15)8-11/h4-5,8-10,18H,2-3,6-7H2,1H3,(H,17,19). The lowest BCUT2D eigenvalue weighted by atomic mass is 10.1. The number of carbonyl (C=O) groups is 1. The van der Waals surface area contributed by atoms with Crippen molar-refractivity contribution in [2.24, 2.45) is 11.8 Å². The van der Waals surface area contributed by atoms with Gasteiger partial charge in [0.05, 0.1) is 9.92 Å². The molecule has 0 aromatic heterocycles. The highest BCUT2D eigenvalue weighted by Crippen LogP contribution is 2.36. The van der Waals surface area contributed by atoms with Crippen molar-refractivity contribution in [2.75, 3.05) is 13.1 Å². The van der Waals surface area contributed by atoms with Crippen molar-refractivity contribution in [3.8, 4) is 0 Å². The Bertz CT molecular complexity index is 662. The molecule has 1 amide bonds. The Morgan fingerprint density at radius 3 is 2.68 bits per heavy atom. The number of nitrogens with one attached hydrogen (secondary N) is 2. The minimum atomic E-state index is -3.77. The van der Waals surface area contributed by atoms with E-state index in [0.717, 1.165) is 31.0 Å². The third-order valence-electron chi connectivity index (χ3n) is 3.66. The van der Waals surface area contributed by atoms with Crippen molar-refractivity contribution in [1.82, 2.24) is 10.0 Å². The summed E-state index contributed by atoms with van der Waals surface area (Å²) in [7, 11) is -3.77. The fourth-order valence-corrected chi connectivity index (χ4v) is 3.37. The Labute approximate surface area is 134 Å². The largest absolute Gasteiger partial charge is 0.355 e. The van der Waals surface area contributed by atoms with Crippen LogP contribution in [0, 0.1) is 17.7 Å². The number of rotatable bonds is 7. The summed E-state index contributed by atoms with van der Waals surface area (Å²) in [5, 5.41) is 2.44. The number of halogens is 2. The van der Waals surface area contributed by atoms with Crippen molar-refractivity contribution in [3.63, 3.8) is 0 Å². The predicted molar refractivity (Wildman–Crippen MR) is 81.5 cm³/mol. The van der Waals surface area contributed by atoms with Crippen LogP contribution in [0.5, 0.6) is 0 Å². The summed E-state index contributed by atoms with van der Waals surface area (Å²) in [6.45, 7) is 2.13. The molecule has 1 fully saturated rings. The first-order valence-corrected chi connectivity index (χ1v) is 8.90. The minimum absolute atomic E-state index is 0.0347. The summed E-state index contributed by atoms with van der Waals surface area (Å²) in [5.41, 5.74) is 0. The van der Waals surface area contributed by atoms with Crippen LogP contribution in [-0.4, -0.2) is 27.4 Å². The smallest absolute Gasteiger partial charge is 0.240 e. The van der Waals surface area contributed by atoms with E-state index in [4.69, 9.17) is 11.6 Å². The molecule has 5 nitrogen and oxygen atoms in total. The molecule has 1 aromatic carbocycles. The van der Waals surface area contributed by atoms with Gasteiger partial charge in [-0.25, -0.2) is 17.5 Å². The van der Waals surface area contributed by atoms with Crippen molar-refractivity contribution in [2.45, 2.75) is 24.7 Å². The number of sulfonamides is 1. The summed E-state index contributed by atoms with van der Waals surface area (Å²) in [4.78, 5) is 11.6. The first-order valence-electron chi connectivity index (χ1n) is 7.03. The average molecular weight is 349 g/mol. The van der Waals surface area contributed by atoms with E-state index in [1.165, 1.54) is 0 Å². The monoisotopic (exact) mass is 348 g/mol. The van der Waals surface area contributed by atoms with Crippen molar-refractivity contribution >= 4 is 27.5 Å². The molecule has 22 heavy (non-hydrogen) atoms. The van der Waals surface area contributed by atoms with Gasteiger partial charge in [-0.3, -0.25) is 4.79 Å². The fraction of sp³-hybridized carbons (Fsp3) is 0.500. The molecule has 2 N–H and O–H groups in total. The maximum absolute atomic E-state index is 13.0. The predicted octanol–water partition coefficient (Wildman–Crippen LogP) is 1.92. The molecule has 1 saturated carbocycles. The molecule has 1 atom stereocenters. The summed E-state index contributed by atoms with van der Waals surface area (Å²) >= 11 is 5.57. The van der Waals surface area contributed by atoms with E-state index in [1.54, 1.807) is 0 Å². The van der Waals surface area contributed by atoms with Gasteiger partial charge < -0.3 is 5.32 Å². The molecule has 0 bridgehead atoms. The van der Waals surface area contributed by atoms with Crippen LogP contribution in [0.25, 0.3) is 0 Å². The van der Waals surface area contributed by atoms with Crippen LogP contribution in [0.2, 0.25) is 5.02 Å². The van der Waals surface area contributed by atoms with Gasteiger partial charge in [0, 0.05) is 19.0 Å². The minimum Gasteiger partial charge on any atom is -0.355 e. The van der Waals surface area contributed by atoms with E-state index in [1.807, 2.05) is 6.92 Å². The number of hydrogen-bond acceptors (Lipinski definition) is 3. The van der Waals surface area contributed by atoms with Gasteiger partial charge >= 0.3 is 0 Å². The molecule has 8 heteroatoms. The molecule has 1 aromatic rings. The zero-order valence-electron chi connectivity index (χ0n) is 12.1. The van der Waals surface area contributed by atoms with E-state index in [2.05, 4.69) is 10.0 Å². The Balaban J connectivity index is 1.82. The topological polar surface area (TPSA) is 75.3 Å². The maximum Gasteiger partial charge on any atom is 0.240 e. The molecule has 122 valence electrons. The SMILES string of the molecule is CC(C(=O)NCCNS(=O)(=O)c1ccc(F)c(Cl)c1)C1CC1. The van der Waals surface area contributed by atoms with Crippen LogP contribution in [0.3, 0.4) is 0 Å². The van der Waals surface area contributed by atoms with Crippen LogP contribution < -0.4 is 10.0 Å². The number of carbonyl (C=O) groups excluding carboxylic acids is 1. The molecular weight excluding hydrogens is 331 g/mol. The average Bonchev–Trinajstić information content (AvgIpc) is 3.30. The summed E-state index contributed by atoms with van der Waals surface area (Å²) in [5.74, 6) is -0.320. The molecule has 1 aliphatic rings. The second-order valence-electron chi connectivity index (χ2n) is 5.39. The van der Waals surface area contributed by atoms with Crippen LogP contribution in [0.1, 0.15) is 19.8 Å². The zero-order chi connectivity index (χ0) is 16.3. The molecular formula is C14H18ClFN2O3S. The zero-order valence-corrected chi connectivity index (χ0v) is 13.7. The van der Waals surface area contributed by atoms with Crippen LogP contribution >= 0.6 is 11.6 Å². The van der Waals surface area contributed by atoms with E-state index in [9.17, 15) is 17.6 Å².